The molecule has 1 aromatic rings. The van der Waals surface area contributed by atoms with Crippen LogP contribution in [0, 0.1) is 5.92 Å². The van der Waals surface area contributed by atoms with Crippen LogP contribution < -0.4 is 5.32 Å². The molecule has 2 amide bonds. The molecule has 0 aromatic carbocycles. The summed E-state index contributed by atoms with van der Waals surface area (Å²) in [4.78, 5) is 18.2. The monoisotopic (exact) mass is 293 g/mol. The molecule has 0 spiro atoms. The molecule has 1 saturated carbocycles. The first-order valence-corrected chi connectivity index (χ1v) is 7.77. The standard InChI is InChI=1S/C14H23N5O2/c20-14(16-5-1-6-18-11-15-10-17-18)19(13-2-3-13)8-12-4-7-21-9-12/h10-13H,1-9H2,(H,16,20)/t12-/m1/s1. The predicted molar refractivity (Wildman–Crippen MR) is 76.7 cm³/mol. The molecule has 0 unspecified atom stereocenters. The molecule has 2 aliphatic rings. The minimum Gasteiger partial charge on any atom is -0.381 e. The molecule has 0 bridgehead atoms. The third-order valence-corrected chi connectivity index (χ3v) is 4.03. The van der Waals surface area contributed by atoms with Gasteiger partial charge in [0.25, 0.3) is 0 Å². The van der Waals surface area contributed by atoms with Crippen LogP contribution in [0.3, 0.4) is 0 Å². The van der Waals surface area contributed by atoms with Crippen molar-refractivity contribution in [3.05, 3.63) is 12.7 Å². The molecule has 1 atom stereocenters. The number of urea groups is 1. The lowest BCUT2D eigenvalue weighted by Crippen LogP contribution is -2.44. The van der Waals surface area contributed by atoms with E-state index >= 15 is 0 Å². The Kier molecular flexibility index (Phi) is 4.69. The number of hydrogen-bond acceptors (Lipinski definition) is 4. The van der Waals surface area contributed by atoms with Crippen molar-refractivity contribution in [3.63, 3.8) is 0 Å². The van der Waals surface area contributed by atoms with Crippen LogP contribution in [0.1, 0.15) is 25.7 Å². The van der Waals surface area contributed by atoms with Gasteiger partial charge < -0.3 is 15.0 Å². The first kappa shape index (κ1) is 14.3. The zero-order valence-electron chi connectivity index (χ0n) is 12.3. The molecule has 116 valence electrons. The van der Waals surface area contributed by atoms with Crippen LogP contribution in [0.15, 0.2) is 12.7 Å². The smallest absolute Gasteiger partial charge is 0.317 e. The number of nitrogens with one attached hydrogen (secondary N) is 1. The number of aromatic nitrogens is 3. The van der Waals surface area contributed by atoms with E-state index in [1.54, 1.807) is 11.0 Å². The van der Waals surface area contributed by atoms with Crippen LogP contribution in [0.5, 0.6) is 0 Å². The van der Waals surface area contributed by atoms with Crippen molar-refractivity contribution in [2.75, 3.05) is 26.3 Å². The maximum atomic E-state index is 12.3. The summed E-state index contributed by atoms with van der Waals surface area (Å²) < 4.78 is 7.18. The topological polar surface area (TPSA) is 72.3 Å². The van der Waals surface area contributed by atoms with Crippen molar-refractivity contribution < 1.29 is 9.53 Å². The van der Waals surface area contributed by atoms with Gasteiger partial charge in [0.2, 0.25) is 0 Å². The molecular weight excluding hydrogens is 270 g/mol. The third kappa shape index (κ3) is 4.17. The fourth-order valence-electron chi connectivity index (χ4n) is 2.68. The number of carbonyl (C=O) groups is 1. The highest BCUT2D eigenvalue weighted by atomic mass is 16.5. The summed E-state index contributed by atoms with van der Waals surface area (Å²) in [6.07, 6.45) is 7.43. The molecule has 1 saturated heterocycles. The Balaban J connectivity index is 1.39. The highest BCUT2D eigenvalue weighted by Crippen LogP contribution is 2.28. The molecular formula is C14H23N5O2. The average molecular weight is 293 g/mol. The lowest BCUT2D eigenvalue weighted by atomic mass is 10.1. The predicted octanol–water partition coefficient (Wildman–Crippen LogP) is 0.879. The van der Waals surface area contributed by atoms with Crippen LogP contribution in [0.25, 0.3) is 0 Å². The Bertz CT molecular complexity index is 440. The summed E-state index contributed by atoms with van der Waals surface area (Å²) in [5.41, 5.74) is 0. The normalized spacial score (nSPS) is 21.4. The van der Waals surface area contributed by atoms with Gasteiger partial charge in [-0.3, -0.25) is 4.68 Å². The van der Waals surface area contributed by atoms with E-state index in [-0.39, 0.29) is 6.03 Å². The van der Waals surface area contributed by atoms with Gasteiger partial charge in [-0.2, -0.15) is 5.10 Å². The Morgan fingerprint density at radius 1 is 1.43 bits per heavy atom. The van der Waals surface area contributed by atoms with Crippen molar-refractivity contribution in [2.45, 2.75) is 38.3 Å². The first-order valence-electron chi connectivity index (χ1n) is 7.77. The van der Waals surface area contributed by atoms with Crippen molar-refractivity contribution in [1.29, 1.82) is 0 Å². The van der Waals surface area contributed by atoms with Crippen LogP contribution in [-0.2, 0) is 11.3 Å². The summed E-state index contributed by atoms with van der Waals surface area (Å²) in [6, 6.07) is 0.518. The number of carbonyl (C=O) groups excluding carboxylic acids is 1. The van der Waals surface area contributed by atoms with Gasteiger partial charge in [0.05, 0.1) is 6.61 Å². The maximum Gasteiger partial charge on any atom is 0.317 e. The van der Waals surface area contributed by atoms with Crippen LogP contribution in [0.4, 0.5) is 4.79 Å². The molecule has 3 rings (SSSR count). The van der Waals surface area contributed by atoms with E-state index in [2.05, 4.69) is 15.4 Å². The fourth-order valence-corrected chi connectivity index (χ4v) is 2.68. The second kappa shape index (κ2) is 6.89. The van der Waals surface area contributed by atoms with E-state index in [4.69, 9.17) is 4.74 Å². The number of aryl methyl sites for hydroxylation is 1. The molecule has 7 nitrogen and oxygen atoms in total. The molecule has 21 heavy (non-hydrogen) atoms. The SMILES string of the molecule is O=C(NCCCn1cncn1)N(C[C@H]1CCOC1)C1CC1. The summed E-state index contributed by atoms with van der Waals surface area (Å²) in [7, 11) is 0. The lowest BCUT2D eigenvalue weighted by molar-refractivity contribution is 0.162. The lowest BCUT2D eigenvalue weighted by Gasteiger charge is -2.25. The van der Waals surface area contributed by atoms with E-state index in [1.807, 2.05) is 4.90 Å². The van der Waals surface area contributed by atoms with E-state index in [0.717, 1.165) is 52.0 Å². The van der Waals surface area contributed by atoms with Gasteiger partial charge in [-0.25, -0.2) is 9.78 Å². The Labute approximate surface area is 124 Å². The van der Waals surface area contributed by atoms with E-state index in [0.29, 0.717) is 18.5 Å². The van der Waals surface area contributed by atoms with Crippen LogP contribution in [-0.4, -0.2) is 58.0 Å². The molecule has 1 aromatic heterocycles. The second-order valence-corrected chi connectivity index (χ2v) is 5.86. The van der Waals surface area contributed by atoms with Crippen molar-refractivity contribution in [2.24, 2.45) is 5.92 Å². The molecule has 2 fully saturated rings. The number of hydrogen-bond donors (Lipinski definition) is 1. The highest BCUT2D eigenvalue weighted by Gasteiger charge is 2.34. The van der Waals surface area contributed by atoms with Crippen molar-refractivity contribution >= 4 is 6.03 Å². The van der Waals surface area contributed by atoms with Gasteiger partial charge in [-0.05, 0) is 25.7 Å². The Hall–Kier alpha value is -1.63. The van der Waals surface area contributed by atoms with Crippen LogP contribution >= 0.6 is 0 Å². The zero-order valence-corrected chi connectivity index (χ0v) is 12.3. The fraction of sp³-hybridized carbons (Fsp3) is 0.786. The number of rotatable bonds is 7. The largest absolute Gasteiger partial charge is 0.381 e. The first-order chi connectivity index (χ1) is 10.3. The quantitative estimate of drug-likeness (QED) is 0.757. The maximum absolute atomic E-state index is 12.3. The van der Waals surface area contributed by atoms with Gasteiger partial charge in [-0.15, -0.1) is 0 Å². The molecule has 7 heteroatoms. The second-order valence-electron chi connectivity index (χ2n) is 5.86. The number of ether oxygens (including phenoxy) is 1. The van der Waals surface area contributed by atoms with E-state index in [9.17, 15) is 4.79 Å². The Morgan fingerprint density at radius 3 is 3.00 bits per heavy atom. The molecule has 1 N–H and O–H groups in total. The summed E-state index contributed by atoms with van der Waals surface area (Å²) in [5.74, 6) is 0.506. The Morgan fingerprint density at radius 2 is 2.33 bits per heavy atom. The molecule has 1 aliphatic heterocycles. The van der Waals surface area contributed by atoms with Gasteiger partial charge in [0, 0.05) is 38.2 Å². The van der Waals surface area contributed by atoms with Crippen LogP contribution in [0.2, 0.25) is 0 Å². The van der Waals surface area contributed by atoms with E-state index in [1.165, 1.54) is 6.33 Å². The molecule has 1 aliphatic carbocycles. The van der Waals surface area contributed by atoms with Crippen molar-refractivity contribution in [1.82, 2.24) is 25.0 Å². The molecule has 0 radical (unpaired) electrons. The average Bonchev–Trinajstić information content (AvgIpc) is 2.99. The highest BCUT2D eigenvalue weighted by molar-refractivity contribution is 5.74. The van der Waals surface area contributed by atoms with Crippen molar-refractivity contribution in [3.8, 4) is 0 Å². The summed E-state index contributed by atoms with van der Waals surface area (Å²) in [5, 5.41) is 7.07. The van der Waals surface area contributed by atoms with E-state index < -0.39 is 0 Å². The third-order valence-electron chi connectivity index (χ3n) is 4.03. The van der Waals surface area contributed by atoms with Gasteiger partial charge in [0.1, 0.15) is 12.7 Å². The summed E-state index contributed by atoms with van der Waals surface area (Å²) in [6.45, 7) is 3.91. The van der Waals surface area contributed by atoms with Gasteiger partial charge in [0.15, 0.2) is 0 Å². The zero-order chi connectivity index (χ0) is 14.5. The molecule has 2 heterocycles. The number of nitrogens with zero attached hydrogens (tertiary/aromatic N) is 4. The minimum absolute atomic E-state index is 0.0722. The number of amides is 2. The minimum atomic E-state index is 0.0722. The summed E-state index contributed by atoms with van der Waals surface area (Å²) >= 11 is 0. The van der Waals surface area contributed by atoms with Gasteiger partial charge >= 0.3 is 6.03 Å². The van der Waals surface area contributed by atoms with Gasteiger partial charge in [-0.1, -0.05) is 0 Å².